The van der Waals surface area contributed by atoms with Gasteiger partial charge < -0.3 is 9.15 Å². The number of Topliss-reactive ketones (excluding diaryl/α,β-unsaturated/α-hetero) is 1. The lowest BCUT2D eigenvalue weighted by molar-refractivity contribution is 0.105. The summed E-state index contributed by atoms with van der Waals surface area (Å²) in [5, 5.41) is 0.958. The van der Waals surface area contributed by atoms with Crippen LogP contribution in [0.4, 0.5) is 0 Å². The predicted octanol–water partition coefficient (Wildman–Crippen LogP) is 5.30. The Morgan fingerprint density at radius 2 is 1.70 bits per heavy atom. The van der Waals surface area contributed by atoms with Crippen LogP contribution in [0.5, 0.6) is 5.75 Å². The molecule has 1 aromatic heterocycles. The molecule has 2 aromatic carbocycles. The molecule has 0 saturated carbocycles. The van der Waals surface area contributed by atoms with Crippen molar-refractivity contribution >= 4 is 24.8 Å². The third-order valence-corrected chi connectivity index (χ3v) is 6.07. The van der Waals surface area contributed by atoms with Crippen molar-refractivity contribution in [3.05, 3.63) is 90.2 Å². The molecule has 0 aliphatic heterocycles. The fourth-order valence-corrected chi connectivity index (χ4v) is 3.70. The van der Waals surface area contributed by atoms with Crippen molar-refractivity contribution in [2.75, 3.05) is 0 Å². The Hall–Kier alpha value is -2.85. The molecule has 0 spiro atoms. The van der Waals surface area contributed by atoms with E-state index in [-0.39, 0.29) is 5.78 Å². The van der Waals surface area contributed by atoms with Crippen LogP contribution in [0, 0.1) is 0 Å². The van der Waals surface area contributed by atoms with Crippen LogP contribution in [0.1, 0.15) is 21.5 Å². The number of ketones is 1. The van der Waals surface area contributed by atoms with Gasteiger partial charge in [-0.2, -0.15) is 0 Å². The molecule has 0 radical (unpaired) electrons. The highest BCUT2D eigenvalue weighted by Gasteiger charge is 2.24. The van der Waals surface area contributed by atoms with Crippen LogP contribution in [0.2, 0.25) is 19.6 Å². The lowest BCUT2D eigenvalue weighted by Gasteiger charge is -2.12. The van der Waals surface area contributed by atoms with Gasteiger partial charge in [0.2, 0.25) is 0 Å². The number of furan rings is 1. The number of hydrogen-bond acceptors (Lipinski definition) is 3. The molecule has 0 atom stereocenters. The monoisotopic (exact) mass is 376 g/mol. The summed E-state index contributed by atoms with van der Waals surface area (Å²) >= 11 is 0. The van der Waals surface area contributed by atoms with Gasteiger partial charge in [-0.25, -0.2) is 0 Å². The standard InChI is InChI=1S/C23H24O3Si/c1-17(19-14-22(26-16-19)27(2,3)4)23(24)20-12-8-9-13-21(20)25-15-18-10-6-5-7-11-18/h5-14,16H,1,15H2,2-4H3. The molecule has 0 N–H and O–H groups in total. The molecule has 0 unspecified atom stereocenters. The molecule has 3 nitrogen and oxygen atoms in total. The van der Waals surface area contributed by atoms with Gasteiger partial charge in [-0.15, -0.1) is 0 Å². The van der Waals surface area contributed by atoms with Gasteiger partial charge in [-0.3, -0.25) is 4.79 Å². The minimum Gasteiger partial charge on any atom is -0.488 e. The Morgan fingerprint density at radius 3 is 2.37 bits per heavy atom. The number of ether oxygens (including phenoxy) is 1. The van der Waals surface area contributed by atoms with E-state index < -0.39 is 8.07 Å². The van der Waals surface area contributed by atoms with Crippen molar-refractivity contribution in [1.82, 2.24) is 0 Å². The van der Waals surface area contributed by atoms with E-state index in [1.807, 2.05) is 54.6 Å². The van der Waals surface area contributed by atoms with Crippen molar-refractivity contribution in [2.24, 2.45) is 0 Å². The van der Waals surface area contributed by atoms with Crippen LogP contribution in [-0.2, 0) is 6.61 Å². The van der Waals surface area contributed by atoms with Crippen molar-refractivity contribution in [3.8, 4) is 5.75 Å². The normalized spacial score (nSPS) is 11.2. The Balaban J connectivity index is 1.80. The number of allylic oxidation sites excluding steroid dienone is 1. The van der Waals surface area contributed by atoms with E-state index in [0.717, 1.165) is 16.5 Å². The van der Waals surface area contributed by atoms with Crippen molar-refractivity contribution in [1.29, 1.82) is 0 Å². The summed E-state index contributed by atoms with van der Waals surface area (Å²) in [4.78, 5) is 13.0. The lowest BCUT2D eigenvalue weighted by Crippen LogP contribution is -2.36. The molecule has 0 saturated heterocycles. The van der Waals surface area contributed by atoms with E-state index in [2.05, 4.69) is 26.2 Å². The topological polar surface area (TPSA) is 39.4 Å². The zero-order valence-electron chi connectivity index (χ0n) is 16.0. The summed E-state index contributed by atoms with van der Waals surface area (Å²) in [5.41, 5.74) is 2.71. The van der Waals surface area contributed by atoms with Gasteiger partial charge in [-0.05, 0) is 23.8 Å². The maximum absolute atomic E-state index is 13.0. The second-order valence-electron chi connectivity index (χ2n) is 7.53. The van der Waals surface area contributed by atoms with E-state index in [1.165, 1.54) is 0 Å². The van der Waals surface area contributed by atoms with Crippen molar-refractivity contribution in [2.45, 2.75) is 26.2 Å². The highest BCUT2D eigenvalue weighted by Crippen LogP contribution is 2.26. The third kappa shape index (κ3) is 4.47. The summed E-state index contributed by atoms with van der Waals surface area (Å²) in [6.07, 6.45) is 1.63. The van der Waals surface area contributed by atoms with Gasteiger partial charge in [0, 0.05) is 11.1 Å². The first-order valence-electron chi connectivity index (χ1n) is 8.95. The SMILES string of the molecule is C=C(C(=O)c1ccccc1OCc1ccccc1)c1coc([Si](C)(C)C)c1. The van der Waals surface area contributed by atoms with E-state index in [1.54, 1.807) is 12.3 Å². The summed E-state index contributed by atoms with van der Waals surface area (Å²) in [6.45, 7) is 11.0. The van der Waals surface area contributed by atoms with E-state index in [4.69, 9.17) is 9.15 Å². The smallest absolute Gasteiger partial charge is 0.196 e. The number of para-hydroxylation sites is 1. The molecule has 0 fully saturated rings. The number of carbonyl (C=O) groups is 1. The zero-order valence-corrected chi connectivity index (χ0v) is 17.0. The largest absolute Gasteiger partial charge is 0.488 e. The zero-order chi connectivity index (χ0) is 19.4. The van der Waals surface area contributed by atoms with Gasteiger partial charge in [0.1, 0.15) is 20.4 Å². The van der Waals surface area contributed by atoms with Crippen LogP contribution in [0.25, 0.3) is 5.57 Å². The Kier molecular flexibility index (Phi) is 5.47. The lowest BCUT2D eigenvalue weighted by atomic mass is 9.99. The van der Waals surface area contributed by atoms with Gasteiger partial charge >= 0.3 is 0 Å². The minimum atomic E-state index is -1.58. The number of hydrogen-bond donors (Lipinski definition) is 0. The molecular formula is C23H24O3Si. The first-order valence-corrected chi connectivity index (χ1v) is 12.4. The van der Waals surface area contributed by atoms with E-state index >= 15 is 0 Å². The molecule has 1 heterocycles. The molecule has 0 aliphatic rings. The fraction of sp³-hybridized carbons (Fsp3) is 0.174. The van der Waals surface area contributed by atoms with Crippen LogP contribution in [0.15, 0.2) is 77.9 Å². The maximum Gasteiger partial charge on any atom is 0.196 e. The minimum absolute atomic E-state index is 0.151. The van der Waals surface area contributed by atoms with Gasteiger partial charge in [0.15, 0.2) is 5.78 Å². The molecule has 0 aliphatic carbocycles. The molecule has 4 heteroatoms. The fourth-order valence-electron chi connectivity index (χ4n) is 2.70. The van der Waals surface area contributed by atoms with Gasteiger partial charge in [0.05, 0.1) is 17.2 Å². The highest BCUT2D eigenvalue weighted by atomic mass is 28.3. The number of carbonyl (C=O) groups excluding carboxylic acids is 1. The second-order valence-corrected chi connectivity index (χ2v) is 12.5. The second kappa shape index (κ2) is 7.80. The molecule has 3 rings (SSSR count). The molecule has 27 heavy (non-hydrogen) atoms. The summed E-state index contributed by atoms with van der Waals surface area (Å²) in [7, 11) is -1.58. The molecule has 138 valence electrons. The number of benzene rings is 2. The Bertz CT molecular complexity index is 949. The van der Waals surface area contributed by atoms with Crippen LogP contribution >= 0.6 is 0 Å². The van der Waals surface area contributed by atoms with Crippen molar-refractivity contribution in [3.63, 3.8) is 0 Å². The maximum atomic E-state index is 13.0. The van der Waals surface area contributed by atoms with Crippen LogP contribution < -0.4 is 10.1 Å². The molecule has 0 amide bonds. The first kappa shape index (κ1) is 18.9. The van der Waals surface area contributed by atoms with Gasteiger partial charge in [-0.1, -0.05) is 68.7 Å². The first-order chi connectivity index (χ1) is 12.9. The van der Waals surface area contributed by atoms with E-state index in [9.17, 15) is 4.79 Å². The van der Waals surface area contributed by atoms with E-state index in [0.29, 0.717) is 23.5 Å². The summed E-state index contributed by atoms with van der Waals surface area (Å²) in [6, 6.07) is 19.1. The summed E-state index contributed by atoms with van der Waals surface area (Å²) < 4.78 is 11.6. The average Bonchev–Trinajstić information content (AvgIpc) is 3.17. The van der Waals surface area contributed by atoms with Crippen LogP contribution in [-0.4, -0.2) is 13.9 Å². The molecular weight excluding hydrogens is 352 g/mol. The Morgan fingerprint density at radius 1 is 1.04 bits per heavy atom. The van der Waals surface area contributed by atoms with Crippen molar-refractivity contribution < 1.29 is 13.9 Å². The average molecular weight is 377 g/mol. The highest BCUT2D eigenvalue weighted by molar-refractivity contribution is 6.87. The molecule has 0 bridgehead atoms. The Labute approximate surface area is 161 Å². The predicted molar refractivity (Wildman–Crippen MR) is 112 cm³/mol. The quantitative estimate of drug-likeness (QED) is 0.319. The van der Waals surface area contributed by atoms with Crippen LogP contribution in [0.3, 0.4) is 0 Å². The van der Waals surface area contributed by atoms with Gasteiger partial charge in [0.25, 0.3) is 0 Å². The third-order valence-electron chi connectivity index (χ3n) is 4.33. The number of rotatable bonds is 7. The molecule has 3 aromatic rings. The summed E-state index contributed by atoms with van der Waals surface area (Å²) in [5.74, 6) is 0.406.